The van der Waals surface area contributed by atoms with Crippen LogP contribution in [0.25, 0.3) is 0 Å². The Morgan fingerprint density at radius 2 is 1.67 bits per heavy atom. The van der Waals surface area contributed by atoms with Crippen LogP contribution in [0.1, 0.15) is 72.6 Å². The van der Waals surface area contributed by atoms with Crippen LogP contribution in [-0.2, 0) is 9.53 Å². The summed E-state index contributed by atoms with van der Waals surface area (Å²) in [5.74, 6) is 0.269. The molecule has 2 unspecified atom stereocenters. The largest absolute Gasteiger partial charge is 0.459 e. The Hall–Kier alpha value is -0.790. The lowest BCUT2D eigenvalue weighted by Crippen LogP contribution is -2.27. The third-order valence-corrected chi connectivity index (χ3v) is 3.43. The normalized spacial score (nSPS) is 14.0. The predicted octanol–water partition coefficient (Wildman–Crippen LogP) is 4.88. The molecule has 2 nitrogen and oxygen atoms in total. The van der Waals surface area contributed by atoms with Crippen molar-refractivity contribution in [3.05, 3.63) is 12.2 Å². The SMILES string of the molecule is C=C(C)C(=O)OC(CCCC)C(CC)CCCC. The van der Waals surface area contributed by atoms with Crippen LogP contribution in [0.4, 0.5) is 0 Å². The molecule has 0 N–H and O–H groups in total. The highest BCUT2D eigenvalue weighted by Crippen LogP contribution is 2.24. The second kappa shape index (κ2) is 10.2. The molecular weight excluding hydrogens is 224 g/mol. The molecule has 0 aromatic rings. The standard InChI is InChI=1S/C16H30O2/c1-6-9-11-14(8-3)15(12-10-7-2)18-16(17)13(4)5/h14-15H,4,6-12H2,1-3,5H3. The number of hydrogen-bond acceptors (Lipinski definition) is 2. The zero-order valence-corrected chi connectivity index (χ0v) is 12.6. The van der Waals surface area contributed by atoms with E-state index in [1.165, 1.54) is 12.8 Å². The summed E-state index contributed by atoms with van der Waals surface area (Å²) in [5.41, 5.74) is 0.502. The molecule has 18 heavy (non-hydrogen) atoms. The number of rotatable bonds is 10. The van der Waals surface area contributed by atoms with Crippen LogP contribution in [0.3, 0.4) is 0 Å². The summed E-state index contributed by atoms with van der Waals surface area (Å²) in [4.78, 5) is 11.7. The van der Waals surface area contributed by atoms with Crippen molar-refractivity contribution in [1.82, 2.24) is 0 Å². The fraction of sp³-hybridized carbons (Fsp3) is 0.812. The van der Waals surface area contributed by atoms with E-state index in [2.05, 4.69) is 27.4 Å². The van der Waals surface area contributed by atoms with Crippen molar-refractivity contribution < 1.29 is 9.53 Å². The van der Waals surface area contributed by atoms with E-state index in [0.29, 0.717) is 11.5 Å². The van der Waals surface area contributed by atoms with E-state index in [1.54, 1.807) is 6.92 Å². The minimum absolute atomic E-state index is 0.0747. The van der Waals surface area contributed by atoms with Crippen molar-refractivity contribution in [2.75, 3.05) is 0 Å². The van der Waals surface area contributed by atoms with Crippen LogP contribution in [0.15, 0.2) is 12.2 Å². The molecule has 0 fully saturated rings. The van der Waals surface area contributed by atoms with Gasteiger partial charge in [0.2, 0.25) is 0 Å². The fourth-order valence-corrected chi connectivity index (χ4v) is 2.15. The average Bonchev–Trinajstić information content (AvgIpc) is 2.35. The monoisotopic (exact) mass is 254 g/mol. The van der Waals surface area contributed by atoms with Gasteiger partial charge in [0.05, 0.1) is 0 Å². The molecule has 0 radical (unpaired) electrons. The number of hydrogen-bond donors (Lipinski definition) is 0. The quantitative estimate of drug-likeness (QED) is 0.410. The van der Waals surface area contributed by atoms with Crippen molar-refractivity contribution in [3.63, 3.8) is 0 Å². The second-order valence-electron chi connectivity index (χ2n) is 5.18. The summed E-state index contributed by atoms with van der Waals surface area (Å²) < 4.78 is 5.63. The molecule has 0 amide bonds. The predicted molar refractivity (Wildman–Crippen MR) is 77.5 cm³/mol. The van der Waals surface area contributed by atoms with Crippen LogP contribution < -0.4 is 0 Å². The molecule has 2 heteroatoms. The molecule has 0 bridgehead atoms. The molecule has 0 aromatic heterocycles. The van der Waals surface area contributed by atoms with Crippen LogP contribution >= 0.6 is 0 Å². The fourth-order valence-electron chi connectivity index (χ4n) is 2.15. The van der Waals surface area contributed by atoms with E-state index < -0.39 is 0 Å². The third kappa shape index (κ3) is 6.83. The van der Waals surface area contributed by atoms with Crippen molar-refractivity contribution >= 4 is 5.97 Å². The molecule has 0 aliphatic rings. The summed E-state index contributed by atoms with van der Waals surface area (Å²) in [6, 6.07) is 0. The minimum Gasteiger partial charge on any atom is -0.459 e. The van der Waals surface area contributed by atoms with Crippen molar-refractivity contribution in [2.24, 2.45) is 5.92 Å². The molecule has 0 saturated carbocycles. The van der Waals surface area contributed by atoms with E-state index in [4.69, 9.17) is 4.74 Å². The topological polar surface area (TPSA) is 26.3 Å². The molecule has 0 aliphatic heterocycles. The van der Waals surface area contributed by atoms with Gasteiger partial charge in [-0.1, -0.05) is 53.0 Å². The molecule has 0 heterocycles. The van der Waals surface area contributed by atoms with Crippen molar-refractivity contribution in [3.8, 4) is 0 Å². The van der Waals surface area contributed by atoms with Gasteiger partial charge in [0.1, 0.15) is 6.10 Å². The first-order chi connectivity index (χ1) is 8.56. The zero-order chi connectivity index (χ0) is 14.0. The third-order valence-electron chi connectivity index (χ3n) is 3.43. The second-order valence-corrected chi connectivity index (χ2v) is 5.18. The summed E-state index contributed by atoms with van der Waals surface area (Å²) in [6.07, 6.45) is 7.98. The first kappa shape index (κ1) is 17.2. The van der Waals surface area contributed by atoms with E-state index in [1.807, 2.05) is 0 Å². The average molecular weight is 254 g/mol. The van der Waals surface area contributed by atoms with Crippen molar-refractivity contribution in [2.45, 2.75) is 78.7 Å². The number of unbranched alkanes of at least 4 members (excludes halogenated alkanes) is 2. The zero-order valence-electron chi connectivity index (χ0n) is 12.6. The van der Waals surface area contributed by atoms with Gasteiger partial charge in [-0.15, -0.1) is 0 Å². The first-order valence-corrected chi connectivity index (χ1v) is 7.43. The molecule has 0 aromatic carbocycles. The van der Waals surface area contributed by atoms with Gasteiger partial charge >= 0.3 is 5.97 Å². The highest BCUT2D eigenvalue weighted by atomic mass is 16.5. The van der Waals surface area contributed by atoms with Gasteiger partial charge < -0.3 is 4.74 Å². The van der Waals surface area contributed by atoms with Crippen LogP contribution in [0.2, 0.25) is 0 Å². The maximum Gasteiger partial charge on any atom is 0.333 e. The number of ether oxygens (including phenoxy) is 1. The van der Waals surface area contributed by atoms with Crippen LogP contribution in [0.5, 0.6) is 0 Å². The van der Waals surface area contributed by atoms with Gasteiger partial charge in [-0.2, -0.15) is 0 Å². The van der Waals surface area contributed by atoms with E-state index in [9.17, 15) is 4.79 Å². The molecule has 0 rings (SSSR count). The molecule has 0 aliphatic carbocycles. The van der Waals surface area contributed by atoms with Gasteiger partial charge in [-0.25, -0.2) is 4.79 Å². The van der Waals surface area contributed by atoms with Gasteiger partial charge in [0, 0.05) is 5.57 Å². The Labute approximate surface area is 113 Å². The maximum atomic E-state index is 11.7. The van der Waals surface area contributed by atoms with Gasteiger partial charge in [-0.05, 0) is 32.1 Å². The number of carbonyl (C=O) groups excluding carboxylic acids is 1. The molecule has 2 atom stereocenters. The first-order valence-electron chi connectivity index (χ1n) is 7.43. The summed E-state index contributed by atoms with van der Waals surface area (Å²) in [6.45, 7) is 11.9. The number of esters is 1. The van der Waals surface area contributed by atoms with Crippen LogP contribution in [-0.4, -0.2) is 12.1 Å². The lowest BCUT2D eigenvalue weighted by atomic mass is 9.90. The smallest absolute Gasteiger partial charge is 0.333 e. The highest BCUT2D eigenvalue weighted by Gasteiger charge is 2.23. The molecular formula is C16H30O2. The Bertz CT molecular complexity index is 245. The highest BCUT2D eigenvalue weighted by molar-refractivity contribution is 5.87. The Morgan fingerprint density at radius 1 is 1.11 bits per heavy atom. The summed E-state index contributed by atoms with van der Waals surface area (Å²) >= 11 is 0. The van der Waals surface area contributed by atoms with E-state index in [0.717, 1.165) is 32.1 Å². The molecule has 0 spiro atoms. The van der Waals surface area contributed by atoms with Crippen molar-refractivity contribution in [1.29, 1.82) is 0 Å². The summed E-state index contributed by atoms with van der Waals surface area (Å²) in [5, 5.41) is 0. The Kier molecular flexibility index (Phi) is 9.72. The number of carbonyl (C=O) groups is 1. The Balaban J connectivity index is 4.50. The maximum absolute atomic E-state index is 11.7. The lowest BCUT2D eigenvalue weighted by Gasteiger charge is -2.26. The van der Waals surface area contributed by atoms with Gasteiger partial charge in [0.15, 0.2) is 0 Å². The lowest BCUT2D eigenvalue weighted by molar-refractivity contribution is -0.147. The van der Waals surface area contributed by atoms with Gasteiger partial charge in [0.25, 0.3) is 0 Å². The minimum atomic E-state index is -0.231. The summed E-state index contributed by atoms with van der Waals surface area (Å²) in [7, 11) is 0. The van der Waals surface area contributed by atoms with E-state index >= 15 is 0 Å². The van der Waals surface area contributed by atoms with Gasteiger partial charge in [-0.3, -0.25) is 0 Å². The molecule has 0 saturated heterocycles. The Morgan fingerprint density at radius 3 is 2.11 bits per heavy atom. The van der Waals surface area contributed by atoms with E-state index in [-0.39, 0.29) is 12.1 Å². The van der Waals surface area contributed by atoms with Crippen LogP contribution in [0, 0.1) is 5.92 Å². The molecule has 106 valence electrons.